The molecule has 3 unspecified atom stereocenters. The van der Waals surface area contributed by atoms with Gasteiger partial charge in [0.05, 0.1) is 5.69 Å². The summed E-state index contributed by atoms with van der Waals surface area (Å²) in [5, 5.41) is 0.781. The van der Waals surface area contributed by atoms with Crippen molar-refractivity contribution in [2.24, 2.45) is 23.2 Å². The fourth-order valence-electron chi connectivity index (χ4n) is 3.43. The van der Waals surface area contributed by atoms with Crippen molar-refractivity contribution in [3.05, 3.63) is 35.1 Å². The van der Waals surface area contributed by atoms with E-state index in [9.17, 15) is 0 Å². The van der Waals surface area contributed by atoms with Crippen molar-refractivity contribution in [2.75, 3.05) is 0 Å². The van der Waals surface area contributed by atoms with Crippen molar-refractivity contribution >= 4 is 17.2 Å². The predicted octanol–water partition coefficient (Wildman–Crippen LogP) is 4.43. The number of rotatable bonds is 1. The van der Waals surface area contributed by atoms with Crippen molar-refractivity contribution in [3.63, 3.8) is 0 Å². The van der Waals surface area contributed by atoms with Gasteiger partial charge in [0, 0.05) is 11.2 Å². The monoisotopic (exact) mass is 247 g/mol. The van der Waals surface area contributed by atoms with Gasteiger partial charge in [-0.3, -0.25) is 4.98 Å². The predicted molar refractivity (Wildman–Crippen MR) is 71.8 cm³/mol. The zero-order valence-electron chi connectivity index (χ0n) is 10.6. The van der Waals surface area contributed by atoms with Crippen LogP contribution in [0.4, 0.5) is 0 Å². The van der Waals surface area contributed by atoms with Gasteiger partial charge >= 0.3 is 0 Å². The first-order valence-corrected chi connectivity index (χ1v) is 6.67. The fourth-order valence-corrected chi connectivity index (χ4v) is 3.59. The molecule has 3 atom stereocenters. The van der Waals surface area contributed by atoms with E-state index in [0.717, 1.165) is 28.5 Å². The van der Waals surface area contributed by atoms with Gasteiger partial charge in [-0.15, -0.1) is 0 Å². The first-order valence-electron chi connectivity index (χ1n) is 6.29. The topological polar surface area (TPSA) is 12.9 Å². The third-order valence-corrected chi connectivity index (χ3v) is 4.36. The Balaban J connectivity index is 1.81. The SMILES string of the molecule is CC(C)(C)C1C2C=C(c3cc(Cl)ccn3)CC21. The molecule has 0 saturated heterocycles. The second-order valence-electron chi connectivity index (χ2n) is 6.39. The number of nitrogens with zero attached hydrogens (tertiary/aromatic N) is 1. The van der Waals surface area contributed by atoms with Crippen LogP contribution in [0.15, 0.2) is 24.4 Å². The van der Waals surface area contributed by atoms with E-state index in [1.54, 1.807) is 6.20 Å². The lowest BCUT2D eigenvalue weighted by Crippen LogP contribution is -2.11. The van der Waals surface area contributed by atoms with Crippen LogP contribution in [-0.2, 0) is 0 Å². The molecule has 0 spiro atoms. The molecule has 1 aromatic rings. The van der Waals surface area contributed by atoms with Crippen molar-refractivity contribution in [1.82, 2.24) is 4.98 Å². The Hall–Kier alpha value is -0.820. The molecule has 1 heterocycles. The first-order chi connectivity index (χ1) is 7.97. The van der Waals surface area contributed by atoms with E-state index < -0.39 is 0 Å². The summed E-state index contributed by atoms with van der Waals surface area (Å²) in [4.78, 5) is 4.41. The summed E-state index contributed by atoms with van der Waals surface area (Å²) in [7, 11) is 0. The van der Waals surface area contributed by atoms with E-state index in [-0.39, 0.29) is 0 Å². The summed E-state index contributed by atoms with van der Waals surface area (Å²) in [5.74, 6) is 2.50. The van der Waals surface area contributed by atoms with E-state index in [0.29, 0.717) is 5.41 Å². The number of fused-ring (bicyclic) bond motifs is 1. The van der Waals surface area contributed by atoms with E-state index >= 15 is 0 Å². The van der Waals surface area contributed by atoms with E-state index in [4.69, 9.17) is 11.6 Å². The Labute approximate surface area is 108 Å². The van der Waals surface area contributed by atoms with Crippen molar-refractivity contribution in [1.29, 1.82) is 0 Å². The van der Waals surface area contributed by atoms with E-state index in [1.807, 2.05) is 12.1 Å². The smallest absolute Gasteiger partial charge is 0.0673 e. The van der Waals surface area contributed by atoms with Gasteiger partial charge in [0.2, 0.25) is 0 Å². The summed E-state index contributed by atoms with van der Waals surface area (Å²) in [6.07, 6.45) is 5.41. The Morgan fingerprint density at radius 3 is 2.65 bits per heavy atom. The summed E-state index contributed by atoms with van der Waals surface area (Å²) in [6.45, 7) is 7.05. The maximum atomic E-state index is 6.00. The normalized spacial score (nSPS) is 31.1. The number of halogens is 1. The molecule has 17 heavy (non-hydrogen) atoms. The molecule has 0 radical (unpaired) electrons. The van der Waals surface area contributed by atoms with Crippen LogP contribution in [-0.4, -0.2) is 4.98 Å². The minimum absolute atomic E-state index is 0.444. The molecule has 2 aliphatic rings. The standard InChI is InChI=1S/C15H18ClN/c1-15(2,3)14-11-6-9(7-12(11)14)13-8-10(16)4-5-17-13/h4-6,8,11-12,14H,7H2,1-3H3. The van der Waals surface area contributed by atoms with Crippen molar-refractivity contribution < 1.29 is 0 Å². The highest BCUT2D eigenvalue weighted by molar-refractivity contribution is 6.30. The number of aromatic nitrogens is 1. The van der Waals surface area contributed by atoms with Gasteiger partial charge in [-0.2, -0.15) is 0 Å². The van der Waals surface area contributed by atoms with Gasteiger partial charge in [-0.1, -0.05) is 38.4 Å². The van der Waals surface area contributed by atoms with Crippen LogP contribution < -0.4 is 0 Å². The van der Waals surface area contributed by atoms with Crippen LogP contribution in [0.1, 0.15) is 32.9 Å². The Bertz CT molecular complexity index is 484. The molecular weight excluding hydrogens is 230 g/mol. The number of hydrogen-bond acceptors (Lipinski definition) is 1. The van der Waals surface area contributed by atoms with Crippen LogP contribution >= 0.6 is 11.6 Å². The molecule has 90 valence electrons. The number of hydrogen-bond donors (Lipinski definition) is 0. The second-order valence-corrected chi connectivity index (χ2v) is 6.82. The molecule has 1 saturated carbocycles. The van der Waals surface area contributed by atoms with Gasteiger partial charge in [0.1, 0.15) is 0 Å². The lowest BCUT2D eigenvalue weighted by molar-refractivity contribution is 0.322. The van der Waals surface area contributed by atoms with Crippen LogP contribution in [0, 0.1) is 23.2 Å². The van der Waals surface area contributed by atoms with Gasteiger partial charge in [-0.25, -0.2) is 0 Å². The Morgan fingerprint density at radius 1 is 1.35 bits per heavy atom. The average Bonchev–Trinajstić information content (AvgIpc) is 2.77. The largest absolute Gasteiger partial charge is 0.257 e. The first kappa shape index (κ1) is 11.3. The lowest BCUT2D eigenvalue weighted by atomic mass is 9.85. The number of allylic oxidation sites excluding steroid dienone is 2. The third-order valence-electron chi connectivity index (χ3n) is 4.13. The maximum Gasteiger partial charge on any atom is 0.0673 e. The van der Waals surface area contributed by atoms with E-state index in [2.05, 4.69) is 31.8 Å². The summed E-state index contributed by atoms with van der Waals surface area (Å²) < 4.78 is 0. The Kier molecular flexibility index (Phi) is 2.38. The molecule has 3 rings (SSSR count). The van der Waals surface area contributed by atoms with Crippen LogP contribution in [0.2, 0.25) is 5.02 Å². The zero-order valence-corrected chi connectivity index (χ0v) is 11.3. The second kappa shape index (κ2) is 3.58. The van der Waals surface area contributed by atoms with Crippen LogP contribution in [0.3, 0.4) is 0 Å². The summed E-state index contributed by atoms with van der Waals surface area (Å²) in [5.41, 5.74) is 2.90. The number of pyridine rings is 1. The third kappa shape index (κ3) is 1.91. The Morgan fingerprint density at radius 2 is 2.12 bits per heavy atom. The molecule has 1 fully saturated rings. The minimum atomic E-state index is 0.444. The quantitative estimate of drug-likeness (QED) is 0.715. The van der Waals surface area contributed by atoms with Crippen molar-refractivity contribution in [2.45, 2.75) is 27.2 Å². The highest BCUT2D eigenvalue weighted by atomic mass is 35.5. The minimum Gasteiger partial charge on any atom is -0.257 e. The molecule has 1 aromatic heterocycles. The highest BCUT2D eigenvalue weighted by Crippen LogP contribution is 2.64. The molecule has 0 aliphatic heterocycles. The summed E-state index contributed by atoms with van der Waals surface area (Å²) >= 11 is 6.00. The van der Waals surface area contributed by atoms with Crippen molar-refractivity contribution in [3.8, 4) is 0 Å². The van der Waals surface area contributed by atoms with Gasteiger partial charge in [0.15, 0.2) is 0 Å². The van der Waals surface area contributed by atoms with Crippen LogP contribution in [0.25, 0.3) is 5.57 Å². The van der Waals surface area contributed by atoms with Gasteiger partial charge in [0.25, 0.3) is 0 Å². The average molecular weight is 248 g/mol. The zero-order chi connectivity index (χ0) is 12.2. The lowest BCUT2D eigenvalue weighted by Gasteiger charge is -2.20. The fraction of sp³-hybridized carbons (Fsp3) is 0.533. The molecular formula is C15H18ClN. The molecule has 0 bridgehead atoms. The maximum absolute atomic E-state index is 6.00. The van der Waals surface area contributed by atoms with E-state index in [1.165, 1.54) is 12.0 Å². The molecule has 2 heteroatoms. The molecule has 0 N–H and O–H groups in total. The highest BCUT2D eigenvalue weighted by Gasteiger charge is 2.57. The van der Waals surface area contributed by atoms with Gasteiger partial charge in [-0.05, 0) is 47.3 Å². The molecule has 0 amide bonds. The summed E-state index contributed by atoms with van der Waals surface area (Å²) in [6, 6.07) is 3.81. The van der Waals surface area contributed by atoms with Gasteiger partial charge < -0.3 is 0 Å². The molecule has 0 aromatic carbocycles. The molecule has 2 aliphatic carbocycles. The van der Waals surface area contributed by atoms with Crippen LogP contribution in [0.5, 0.6) is 0 Å². The molecule has 1 nitrogen and oxygen atoms in total.